The second kappa shape index (κ2) is 10.6. The topological polar surface area (TPSA) is 147 Å². The van der Waals surface area contributed by atoms with Crippen molar-refractivity contribution in [3.8, 4) is 11.5 Å². The molecule has 14 heteroatoms. The number of aromatic carboxylic acids is 2. The van der Waals surface area contributed by atoms with E-state index in [1.165, 1.54) is 25.6 Å². The minimum Gasteiger partial charge on any atom is -0.493 e. The lowest BCUT2D eigenvalue weighted by molar-refractivity contribution is 0.0657. The summed E-state index contributed by atoms with van der Waals surface area (Å²) in [6.45, 7) is -0.506. The summed E-state index contributed by atoms with van der Waals surface area (Å²) >= 11 is 0.583. The molecular formula is C24H16F3N3O7S. The summed E-state index contributed by atoms with van der Waals surface area (Å²) in [4.78, 5) is 38.6. The number of methoxy groups -OCH3 is 1. The Kier molecular flexibility index (Phi) is 7.34. The molecule has 0 aliphatic rings. The first-order valence-electron chi connectivity index (χ1n) is 10.5. The Labute approximate surface area is 215 Å². The number of hydrogen-bond acceptors (Lipinski definition) is 7. The molecule has 2 amide bonds. The summed E-state index contributed by atoms with van der Waals surface area (Å²) in [5.74, 6) is -6.57. The molecule has 2 aromatic heterocycles. The number of nitrogens with one attached hydrogen (secondary N) is 2. The summed E-state index contributed by atoms with van der Waals surface area (Å²) in [6, 6.07) is 3.31. The van der Waals surface area contributed by atoms with Gasteiger partial charge in [0.25, 0.3) is 0 Å². The van der Waals surface area contributed by atoms with Crippen molar-refractivity contribution in [2.45, 2.75) is 6.61 Å². The van der Waals surface area contributed by atoms with Crippen LogP contribution in [0.2, 0.25) is 0 Å². The van der Waals surface area contributed by atoms with Crippen LogP contribution in [0.1, 0.15) is 25.6 Å². The molecule has 0 aliphatic carbocycles. The number of hydrogen-bond donors (Lipinski definition) is 4. The number of pyridine rings is 1. The molecule has 0 saturated heterocycles. The van der Waals surface area contributed by atoms with Gasteiger partial charge in [-0.25, -0.2) is 27.6 Å². The zero-order valence-electron chi connectivity index (χ0n) is 19.2. The third-order valence-electron chi connectivity index (χ3n) is 5.26. The van der Waals surface area contributed by atoms with Gasteiger partial charge >= 0.3 is 18.0 Å². The highest BCUT2D eigenvalue weighted by molar-refractivity contribution is 7.13. The fourth-order valence-corrected chi connectivity index (χ4v) is 4.36. The van der Waals surface area contributed by atoms with Crippen LogP contribution in [0.15, 0.2) is 42.0 Å². The van der Waals surface area contributed by atoms with E-state index >= 15 is 0 Å². The Morgan fingerprint density at radius 1 is 1.00 bits per heavy atom. The fourth-order valence-electron chi connectivity index (χ4n) is 3.54. The summed E-state index contributed by atoms with van der Waals surface area (Å²) in [5.41, 5.74) is -1.55. The van der Waals surface area contributed by atoms with Crippen molar-refractivity contribution in [3.05, 3.63) is 75.5 Å². The number of nitrogens with zero attached hydrogens (tertiary/aromatic N) is 1. The number of benzene rings is 2. The number of aromatic nitrogens is 1. The number of carboxylic acid groups (broad SMARTS) is 2. The van der Waals surface area contributed by atoms with Gasteiger partial charge in [0.2, 0.25) is 0 Å². The first kappa shape index (κ1) is 26.2. The first-order valence-corrected chi connectivity index (χ1v) is 11.4. The van der Waals surface area contributed by atoms with Crippen molar-refractivity contribution in [1.29, 1.82) is 0 Å². The van der Waals surface area contributed by atoms with Gasteiger partial charge in [-0.1, -0.05) is 0 Å². The molecule has 0 fully saturated rings. The number of thiophene rings is 1. The molecule has 0 aliphatic heterocycles. The molecule has 38 heavy (non-hydrogen) atoms. The number of fused-ring (bicyclic) bond motifs is 1. The van der Waals surface area contributed by atoms with Gasteiger partial charge in [-0.05, 0) is 17.5 Å². The minimum absolute atomic E-state index is 0.121. The van der Waals surface area contributed by atoms with Gasteiger partial charge in [-0.3, -0.25) is 4.98 Å². The lowest BCUT2D eigenvalue weighted by Crippen LogP contribution is -2.21. The predicted octanol–water partition coefficient (Wildman–Crippen LogP) is 5.34. The Morgan fingerprint density at radius 3 is 2.42 bits per heavy atom. The van der Waals surface area contributed by atoms with Crippen molar-refractivity contribution < 1.29 is 47.2 Å². The number of carbonyl (C=O) groups is 3. The molecule has 2 heterocycles. The molecule has 2 aromatic carbocycles. The number of amides is 2. The maximum absolute atomic E-state index is 14.7. The van der Waals surface area contributed by atoms with Crippen molar-refractivity contribution in [2.75, 3.05) is 17.7 Å². The molecule has 0 unspecified atom stereocenters. The van der Waals surface area contributed by atoms with E-state index in [0.717, 1.165) is 23.6 Å². The summed E-state index contributed by atoms with van der Waals surface area (Å²) < 4.78 is 54.0. The Bertz CT molecular complexity index is 1590. The molecule has 10 nitrogen and oxygen atoms in total. The molecule has 4 aromatic rings. The summed E-state index contributed by atoms with van der Waals surface area (Å²) in [6.07, 6.45) is 2.75. The Morgan fingerprint density at radius 2 is 1.74 bits per heavy atom. The normalized spacial score (nSPS) is 10.7. The molecule has 0 radical (unpaired) electrons. The van der Waals surface area contributed by atoms with Gasteiger partial charge in [-0.15, -0.1) is 11.3 Å². The van der Waals surface area contributed by atoms with Crippen molar-refractivity contribution in [3.63, 3.8) is 0 Å². The lowest BCUT2D eigenvalue weighted by atomic mass is 10.1. The molecule has 4 rings (SSSR count). The van der Waals surface area contributed by atoms with Gasteiger partial charge in [0.1, 0.15) is 17.0 Å². The Hall–Kier alpha value is -4.85. The van der Waals surface area contributed by atoms with Gasteiger partial charge in [0, 0.05) is 40.9 Å². The highest BCUT2D eigenvalue weighted by Crippen LogP contribution is 2.35. The van der Waals surface area contributed by atoms with Crippen LogP contribution in [0.25, 0.3) is 10.8 Å². The van der Waals surface area contributed by atoms with E-state index in [1.807, 2.05) is 0 Å². The van der Waals surface area contributed by atoms with Crippen LogP contribution < -0.4 is 20.1 Å². The van der Waals surface area contributed by atoms with Crippen molar-refractivity contribution >= 4 is 51.5 Å². The van der Waals surface area contributed by atoms with Crippen molar-refractivity contribution in [2.24, 2.45) is 0 Å². The van der Waals surface area contributed by atoms with E-state index in [2.05, 4.69) is 15.6 Å². The third kappa shape index (κ3) is 5.15. The van der Waals surface area contributed by atoms with E-state index < -0.39 is 58.2 Å². The smallest absolute Gasteiger partial charge is 0.346 e. The summed E-state index contributed by atoms with van der Waals surface area (Å²) in [5, 5.41) is 24.5. The second-order valence-corrected chi connectivity index (χ2v) is 8.44. The average Bonchev–Trinajstić information content (AvgIpc) is 3.30. The number of urea groups is 1. The number of halogens is 3. The van der Waals surface area contributed by atoms with E-state index in [4.69, 9.17) is 14.6 Å². The van der Waals surface area contributed by atoms with Gasteiger partial charge < -0.3 is 30.3 Å². The Balaban J connectivity index is 1.59. The standard InChI is InChI=1S/C24H16F3N3O7S/c1-36-17-5-13(25)15(29-24(35)30-16-9-38-21(23(33)34)19(16)22(31)32)6-18(17)37-8-12-11-7-28-3-2-10(11)4-14(26)20(12)27/h2-7,9H,8H2,1H3,(H,31,32)(H,33,34)(H2,29,30,35). The third-order valence-corrected chi connectivity index (χ3v) is 6.23. The molecular weight excluding hydrogens is 531 g/mol. The van der Waals surface area contributed by atoms with E-state index in [9.17, 15) is 32.7 Å². The predicted molar refractivity (Wildman–Crippen MR) is 130 cm³/mol. The molecule has 0 spiro atoms. The van der Waals surface area contributed by atoms with Crippen LogP contribution in [0.5, 0.6) is 11.5 Å². The average molecular weight is 547 g/mol. The van der Waals surface area contributed by atoms with Crippen LogP contribution >= 0.6 is 11.3 Å². The lowest BCUT2D eigenvalue weighted by Gasteiger charge is -2.15. The minimum atomic E-state index is -1.59. The van der Waals surface area contributed by atoms with Crippen LogP contribution in [-0.2, 0) is 6.61 Å². The fraction of sp³-hybridized carbons (Fsp3) is 0.0833. The van der Waals surface area contributed by atoms with Crippen LogP contribution in [0, 0.1) is 17.5 Å². The monoisotopic (exact) mass is 547 g/mol. The van der Waals surface area contributed by atoms with Gasteiger partial charge in [-0.2, -0.15) is 0 Å². The zero-order chi connectivity index (χ0) is 27.6. The van der Waals surface area contributed by atoms with Gasteiger partial charge in [0.05, 0.1) is 18.5 Å². The molecule has 0 atom stereocenters. The van der Waals surface area contributed by atoms with Crippen molar-refractivity contribution in [1.82, 2.24) is 4.98 Å². The molecule has 0 bridgehead atoms. The zero-order valence-corrected chi connectivity index (χ0v) is 20.0. The van der Waals surface area contributed by atoms with E-state index in [-0.39, 0.29) is 28.1 Å². The van der Waals surface area contributed by atoms with Crippen LogP contribution in [0.3, 0.4) is 0 Å². The molecule has 4 N–H and O–H groups in total. The maximum Gasteiger partial charge on any atom is 0.346 e. The number of carboxylic acids is 2. The highest BCUT2D eigenvalue weighted by Gasteiger charge is 2.25. The van der Waals surface area contributed by atoms with Crippen LogP contribution in [0.4, 0.5) is 29.3 Å². The molecule has 0 saturated carbocycles. The highest BCUT2D eigenvalue weighted by atomic mass is 32.1. The quantitative estimate of drug-likeness (QED) is 0.231. The first-order chi connectivity index (χ1) is 18.1. The maximum atomic E-state index is 14.7. The molecule has 196 valence electrons. The number of ether oxygens (including phenoxy) is 2. The van der Waals surface area contributed by atoms with Crippen LogP contribution in [-0.4, -0.2) is 40.3 Å². The van der Waals surface area contributed by atoms with Gasteiger partial charge in [0.15, 0.2) is 29.0 Å². The van der Waals surface area contributed by atoms with E-state index in [1.54, 1.807) is 0 Å². The number of rotatable bonds is 8. The SMILES string of the molecule is COc1cc(F)c(NC(=O)Nc2csc(C(=O)O)c2C(=O)O)cc1OCc1c(F)c(F)cc2ccncc12. The number of carbonyl (C=O) groups excluding carboxylic acids is 1. The number of anilines is 2. The summed E-state index contributed by atoms with van der Waals surface area (Å²) in [7, 11) is 1.22. The largest absolute Gasteiger partial charge is 0.493 e. The van der Waals surface area contributed by atoms with E-state index in [0.29, 0.717) is 16.7 Å². The second-order valence-electron chi connectivity index (χ2n) is 7.56.